The second-order valence-corrected chi connectivity index (χ2v) is 11.2. The predicted molar refractivity (Wildman–Crippen MR) is 163 cm³/mol. The van der Waals surface area contributed by atoms with E-state index in [1.165, 1.54) is 6.20 Å². The number of hydrogen-bond acceptors (Lipinski definition) is 12. The van der Waals surface area contributed by atoms with Gasteiger partial charge in [0.1, 0.15) is 5.69 Å². The van der Waals surface area contributed by atoms with E-state index in [1.54, 1.807) is 11.0 Å². The molecule has 2 aliphatic heterocycles. The number of aromatic nitrogens is 5. The molecule has 244 valence electrons. The lowest BCUT2D eigenvalue weighted by atomic mass is 9.95. The van der Waals surface area contributed by atoms with Crippen LogP contribution >= 0.6 is 0 Å². The quantitative estimate of drug-likeness (QED) is 0.157. The minimum absolute atomic E-state index is 0.0198. The van der Waals surface area contributed by atoms with Crippen LogP contribution in [0.2, 0.25) is 0 Å². The summed E-state index contributed by atoms with van der Waals surface area (Å²) in [5, 5.41) is 2.64. The standard InChI is InChI=1S/C29H40F2N10O4/c1-19(2)14-21(43)4-3-5-23(44)41-16-20(17-41)6-8-39(9-7-33-18-42)28-36-26(22-15-34-27(32)35-24(22)25(30)31)37-29(38-28)40-10-12-45-13-11-40/h14-15,18,20,25H,3-13,16-17H2,1-2H3,(H,33,42)(H2,32,34,35). The van der Waals surface area contributed by atoms with Crippen molar-refractivity contribution >= 4 is 35.9 Å². The van der Waals surface area contributed by atoms with Crippen LogP contribution < -0.4 is 20.9 Å². The summed E-state index contributed by atoms with van der Waals surface area (Å²) in [6.45, 7) is 7.98. The molecule has 0 saturated carbocycles. The lowest BCUT2D eigenvalue weighted by molar-refractivity contribution is -0.137. The number of nitrogens with two attached hydrogens (primary N) is 1. The predicted octanol–water partition coefficient (Wildman–Crippen LogP) is 1.79. The van der Waals surface area contributed by atoms with Crippen LogP contribution in [0, 0.1) is 5.92 Å². The number of carbonyl (C=O) groups excluding carboxylic acids is 3. The van der Waals surface area contributed by atoms with Gasteiger partial charge in [-0.05, 0) is 38.7 Å². The molecule has 45 heavy (non-hydrogen) atoms. The molecule has 0 unspecified atom stereocenters. The number of alkyl halides is 2. The van der Waals surface area contributed by atoms with Crippen molar-refractivity contribution in [1.29, 1.82) is 0 Å². The van der Waals surface area contributed by atoms with Crippen molar-refractivity contribution in [2.45, 2.75) is 46.0 Å². The van der Waals surface area contributed by atoms with Gasteiger partial charge in [-0.1, -0.05) is 5.57 Å². The van der Waals surface area contributed by atoms with Gasteiger partial charge in [0.15, 0.2) is 11.6 Å². The number of nitrogen functional groups attached to an aromatic ring is 1. The molecular weight excluding hydrogens is 590 g/mol. The van der Waals surface area contributed by atoms with Gasteiger partial charge in [0.25, 0.3) is 6.43 Å². The number of morpholine rings is 1. The molecule has 14 nitrogen and oxygen atoms in total. The first-order valence-electron chi connectivity index (χ1n) is 15.0. The van der Waals surface area contributed by atoms with Crippen LogP contribution in [-0.4, -0.2) is 107 Å². The van der Waals surface area contributed by atoms with Gasteiger partial charge in [0.2, 0.25) is 30.2 Å². The molecule has 4 heterocycles. The molecule has 0 atom stereocenters. The van der Waals surface area contributed by atoms with E-state index in [0.717, 1.165) is 5.57 Å². The normalized spacial score (nSPS) is 15.0. The minimum atomic E-state index is -2.94. The Balaban J connectivity index is 1.48. The number of ether oxygens (including phenoxy) is 1. The number of likely N-dealkylation sites (tertiary alicyclic amines) is 1. The average Bonchev–Trinajstić information content (AvgIpc) is 2.99. The van der Waals surface area contributed by atoms with Crippen molar-refractivity contribution in [2.75, 3.05) is 74.6 Å². The molecule has 0 aromatic carbocycles. The molecule has 2 aromatic rings. The van der Waals surface area contributed by atoms with Gasteiger partial charge in [-0.3, -0.25) is 14.4 Å². The zero-order chi connectivity index (χ0) is 32.3. The summed E-state index contributed by atoms with van der Waals surface area (Å²) >= 11 is 0. The van der Waals surface area contributed by atoms with E-state index in [-0.39, 0.29) is 40.9 Å². The molecule has 0 radical (unpaired) electrons. The van der Waals surface area contributed by atoms with E-state index in [9.17, 15) is 23.2 Å². The molecule has 0 spiro atoms. The van der Waals surface area contributed by atoms with Crippen molar-refractivity contribution in [3.8, 4) is 11.4 Å². The summed E-state index contributed by atoms with van der Waals surface area (Å²) < 4.78 is 33.4. The van der Waals surface area contributed by atoms with E-state index in [0.29, 0.717) is 97.1 Å². The second-order valence-electron chi connectivity index (χ2n) is 11.2. The molecule has 0 aliphatic carbocycles. The zero-order valence-electron chi connectivity index (χ0n) is 25.6. The number of nitrogens with one attached hydrogen (secondary N) is 1. The van der Waals surface area contributed by atoms with Gasteiger partial charge in [-0.15, -0.1) is 0 Å². The first kappa shape index (κ1) is 33.6. The van der Waals surface area contributed by atoms with Crippen LogP contribution in [0.25, 0.3) is 11.4 Å². The molecule has 4 rings (SSSR count). The van der Waals surface area contributed by atoms with Crippen LogP contribution in [0.5, 0.6) is 0 Å². The van der Waals surface area contributed by atoms with Gasteiger partial charge >= 0.3 is 0 Å². The van der Waals surface area contributed by atoms with Crippen LogP contribution in [0.3, 0.4) is 0 Å². The fourth-order valence-electron chi connectivity index (χ4n) is 5.10. The second kappa shape index (κ2) is 16.1. The van der Waals surface area contributed by atoms with Crippen molar-refractivity contribution in [2.24, 2.45) is 5.92 Å². The van der Waals surface area contributed by atoms with E-state index in [2.05, 4.69) is 25.3 Å². The van der Waals surface area contributed by atoms with Crippen molar-refractivity contribution in [3.63, 3.8) is 0 Å². The largest absolute Gasteiger partial charge is 0.378 e. The molecule has 3 N–H and O–H groups in total. The number of amides is 2. The van der Waals surface area contributed by atoms with Crippen LogP contribution in [-0.2, 0) is 19.1 Å². The Kier molecular flexibility index (Phi) is 12.0. The number of carbonyl (C=O) groups is 3. The lowest BCUT2D eigenvalue weighted by Crippen LogP contribution is -2.51. The highest BCUT2D eigenvalue weighted by molar-refractivity contribution is 5.90. The fraction of sp³-hybridized carbons (Fsp3) is 0.586. The monoisotopic (exact) mass is 630 g/mol. The summed E-state index contributed by atoms with van der Waals surface area (Å²) in [7, 11) is 0. The summed E-state index contributed by atoms with van der Waals surface area (Å²) in [4.78, 5) is 62.4. The summed E-state index contributed by atoms with van der Waals surface area (Å²) in [5.41, 5.74) is 5.89. The highest BCUT2D eigenvalue weighted by Gasteiger charge is 2.31. The summed E-state index contributed by atoms with van der Waals surface area (Å²) in [6.07, 6.45) is 2.32. The highest BCUT2D eigenvalue weighted by Crippen LogP contribution is 2.30. The Morgan fingerprint density at radius 3 is 2.58 bits per heavy atom. The molecule has 2 fully saturated rings. The highest BCUT2D eigenvalue weighted by atomic mass is 19.3. The first-order valence-corrected chi connectivity index (χ1v) is 15.0. The maximum absolute atomic E-state index is 14.0. The Labute approximate surface area is 260 Å². The Hall–Kier alpha value is -4.34. The SMILES string of the molecule is CC(C)=CC(=O)CCCC(=O)N1CC(CCN(CCNC=O)c2nc(-c3cnc(N)nc3C(F)F)nc(N3CCOCC3)n2)C1. The smallest absolute Gasteiger partial charge is 0.281 e. The molecule has 2 aliphatic rings. The minimum Gasteiger partial charge on any atom is -0.378 e. The number of halogens is 2. The van der Waals surface area contributed by atoms with Gasteiger partial charge < -0.3 is 30.5 Å². The van der Waals surface area contributed by atoms with Crippen molar-refractivity contribution in [3.05, 3.63) is 23.5 Å². The number of hydrogen-bond donors (Lipinski definition) is 2. The third kappa shape index (κ3) is 9.57. The number of ketones is 1. The molecule has 0 bridgehead atoms. The van der Waals surface area contributed by atoms with E-state index in [1.807, 2.05) is 23.6 Å². The number of rotatable bonds is 16. The third-order valence-corrected chi connectivity index (χ3v) is 7.46. The maximum Gasteiger partial charge on any atom is 0.281 e. The van der Waals surface area contributed by atoms with Crippen LogP contribution in [0.1, 0.15) is 51.7 Å². The van der Waals surface area contributed by atoms with Crippen molar-refractivity contribution < 1.29 is 27.9 Å². The average molecular weight is 631 g/mol. The summed E-state index contributed by atoms with van der Waals surface area (Å²) in [6, 6.07) is 0. The topological polar surface area (TPSA) is 173 Å². The van der Waals surface area contributed by atoms with E-state index >= 15 is 0 Å². The fourth-order valence-corrected chi connectivity index (χ4v) is 5.10. The summed E-state index contributed by atoms with van der Waals surface area (Å²) in [5.74, 6) is 0.532. The molecule has 2 saturated heterocycles. The Morgan fingerprint density at radius 2 is 1.89 bits per heavy atom. The Morgan fingerprint density at radius 1 is 1.13 bits per heavy atom. The van der Waals surface area contributed by atoms with Gasteiger partial charge in [0.05, 0.1) is 18.8 Å². The van der Waals surface area contributed by atoms with Crippen molar-refractivity contribution in [1.82, 2.24) is 35.1 Å². The van der Waals surface area contributed by atoms with Gasteiger partial charge in [-0.2, -0.15) is 15.0 Å². The number of anilines is 3. The van der Waals surface area contributed by atoms with Crippen LogP contribution in [0.4, 0.5) is 26.6 Å². The van der Waals surface area contributed by atoms with Crippen LogP contribution in [0.15, 0.2) is 17.8 Å². The first-order chi connectivity index (χ1) is 21.6. The van der Waals surface area contributed by atoms with E-state index in [4.69, 9.17) is 15.5 Å². The number of allylic oxidation sites excluding steroid dienone is 2. The molecule has 2 aromatic heterocycles. The van der Waals surface area contributed by atoms with E-state index < -0.39 is 12.1 Å². The Bertz CT molecular complexity index is 1360. The molecule has 2 amide bonds. The maximum atomic E-state index is 14.0. The van der Waals surface area contributed by atoms with Gasteiger partial charge in [0, 0.05) is 64.9 Å². The number of nitrogens with zero attached hydrogens (tertiary/aromatic N) is 8. The zero-order valence-corrected chi connectivity index (χ0v) is 25.6. The molecule has 16 heteroatoms. The third-order valence-electron chi connectivity index (χ3n) is 7.46. The lowest BCUT2D eigenvalue weighted by Gasteiger charge is -2.40. The molecular formula is C29H40F2N10O4. The van der Waals surface area contributed by atoms with Gasteiger partial charge in [-0.25, -0.2) is 18.7 Å².